The Balaban J connectivity index is 3.37. The molecule has 3 N–H and O–H groups in total. The summed E-state index contributed by atoms with van der Waals surface area (Å²) in [4.78, 5) is 24.5. The van der Waals surface area contributed by atoms with Crippen LogP contribution in [0.25, 0.3) is 0 Å². The normalized spacial score (nSPS) is 12.7. The molecule has 0 aliphatic heterocycles. The summed E-state index contributed by atoms with van der Waals surface area (Å²) in [5, 5.41) is 23.2. The van der Waals surface area contributed by atoms with Crippen molar-refractivity contribution in [3.63, 3.8) is 0 Å². The second-order valence-corrected chi connectivity index (χ2v) is 23.5. The van der Waals surface area contributed by atoms with E-state index in [4.69, 9.17) is 4.74 Å². The third kappa shape index (κ3) is 61.3. The van der Waals surface area contributed by atoms with Crippen LogP contribution in [-0.2, 0) is 14.3 Å². The molecule has 448 valence electrons. The van der Waals surface area contributed by atoms with Gasteiger partial charge in [-0.25, -0.2) is 0 Å². The first kappa shape index (κ1) is 74.1. The molecule has 0 aliphatic rings. The first-order chi connectivity index (χ1) is 37.5. The number of unbranched alkanes of at least 4 members (excludes halogenated alkanes) is 47. The third-order valence-corrected chi connectivity index (χ3v) is 15.9. The summed E-state index contributed by atoms with van der Waals surface area (Å²) >= 11 is 0. The van der Waals surface area contributed by atoms with Gasteiger partial charge in [-0.15, -0.1) is 0 Å². The minimum Gasteiger partial charge on any atom is -0.466 e. The molecule has 0 saturated heterocycles. The SMILES string of the molecule is CCCCCCCC/C=C\CCCCCCCCCC(=O)OCCCCCCCCCCC/C=C\C/C=C\CCCCCCCCCCCCCCCCCC(=O)NC(CO)C(O)CCCCCCCCCCCCC. The van der Waals surface area contributed by atoms with E-state index >= 15 is 0 Å². The van der Waals surface area contributed by atoms with E-state index in [9.17, 15) is 19.8 Å². The molecule has 0 bridgehead atoms. The summed E-state index contributed by atoms with van der Waals surface area (Å²) in [6.45, 7) is 4.96. The lowest BCUT2D eigenvalue weighted by atomic mass is 10.0. The number of nitrogens with one attached hydrogen (secondary N) is 1. The van der Waals surface area contributed by atoms with Crippen LogP contribution in [0.2, 0.25) is 0 Å². The molecule has 0 aromatic carbocycles. The van der Waals surface area contributed by atoms with E-state index in [2.05, 4.69) is 55.6 Å². The lowest BCUT2D eigenvalue weighted by molar-refractivity contribution is -0.143. The maximum absolute atomic E-state index is 12.5. The maximum atomic E-state index is 12.5. The third-order valence-electron chi connectivity index (χ3n) is 15.9. The van der Waals surface area contributed by atoms with Crippen LogP contribution in [0.5, 0.6) is 0 Å². The van der Waals surface area contributed by atoms with Gasteiger partial charge < -0.3 is 20.3 Å². The van der Waals surface area contributed by atoms with E-state index in [1.807, 2.05) is 0 Å². The Bertz CT molecular complexity index is 1230. The first-order valence-corrected chi connectivity index (χ1v) is 34.2. The summed E-state index contributed by atoms with van der Waals surface area (Å²) in [6, 6.07) is -0.540. The predicted octanol–water partition coefficient (Wildman–Crippen LogP) is 21.9. The van der Waals surface area contributed by atoms with E-state index < -0.39 is 12.1 Å². The number of ether oxygens (including phenoxy) is 1. The van der Waals surface area contributed by atoms with Gasteiger partial charge in [0.25, 0.3) is 0 Å². The van der Waals surface area contributed by atoms with Gasteiger partial charge in [-0.2, -0.15) is 0 Å². The van der Waals surface area contributed by atoms with Crippen LogP contribution in [0.4, 0.5) is 0 Å². The topological polar surface area (TPSA) is 95.9 Å². The summed E-state index contributed by atoms with van der Waals surface area (Å²) < 4.78 is 5.50. The summed E-state index contributed by atoms with van der Waals surface area (Å²) in [6.07, 6.45) is 83.4. The molecule has 76 heavy (non-hydrogen) atoms. The largest absolute Gasteiger partial charge is 0.466 e. The minimum atomic E-state index is -0.662. The van der Waals surface area contributed by atoms with Crippen molar-refractivity contribution in [1.82, 2.24) is 5.32 Å². The van der Waals surface area contributed by atoms with Gasteiger partial charge in [0.2, 0.25) is 5.91 Å². The Hall–Kier alpha value is -1.92. The molecule has 0 rings (SSSR count). The zero-order valence-corrected chi connectivity index (χ0v) is 51.3. The Labute approximate surface area is 474 Å². The monoisotopic (exact) mass is 1070 g/mol. The number of allylic oxidation sites excluding steroid dienone is 6. The summed E-state index contributed by atoms with van der Waals surface area (Å²) in [7, 11) is 0. The maximum Gasteiger partial charge on any atom is 0.305 e. The average molecular weight is 1070 g/mol. The highest BCUT2D eigenvalue weighted by atomic mass is 16.5. The van der Waals surface area contributed by atoms with E-state index in [1.54, 1.807) is 0 Å². The van der Waals surface area contributed by atoms with E-state index in [0.29, 0.717) is 25.9 Å². The van der Waals surface area contributed by atoms with Crippen molar-refractivity contribution < 1.29 is 24.5 Å². The highest BCUT2D eigenvalue weighted by Crippen LogP contribution is 2.18. The number of carbonyl (C=O) groups excluding carboxylic acids is 2. The van der Waals surface area contributed by atoms with Crippen LogP contribution in [0.1, 0.15) is 373 Å². The van der Waals surface area contributed by atoms with Gasteiger partial charge in [-0.1, -0.05) is 314 Å². The number of carbonyl (C=O) groups is 2. The van der Waals surface area contributed by atoms with Gasteiger partial charge >= 0.3 is 5.97 Å². The molecule has 0 aromatic heterocycles. The fourth-order valence-corrected chi connectivity index (χ4v) is 10.7. The van der Waals surface area contributed by atoms with Crippen LogP contribution in [0.15, 0.2) is 36.5 Å². The number of rotatable bonds is 64. The van der Waals surface area contributed by atoms with Crippen LogP contribution in [0.3, 0.4) is 0 Å². The summed E-state index contributed by atoms with van der Waals surface area (Å²) in [5.74, 6) is -0.0241. The van der Waals surface area contributed by atoms with E-state index in [-0.39, 0.29) is 18.5 Å². The molecular weight excluding hydrogens is 935 g/mol. The number of aliphatic hydroxyl groups excluding tert-OH is 2. The lowest BCUT2D eigenvalue weighted by Crippen LogP contribution is -2.45. The highest BCUT2D eigenvalue weighted by molar-refractivity contribution is 5.76. The molecule has 6 heteroatoms. The fraction of sp³-hybridized carbons (Fsp3) is 0.886. The van der Waals surface area contributed by atoms with E-state index in [0.717, 1.165) is 51.4 Å². The molecule has 1 amide bonds. The number of hydrogen-bond acceptors (Lipinski definition) is 5. The fourth-order valence-electron chi connectivity index (χ4n) is 10.7. The molecule has 2 unspecified atom stereocenters. The number of hydrogen-bond donors (Lipinski definition) is 3. The Morgan fingerprint density at radius 1 is 0.368 bits per heavy atom. The van der Waals surface area contributed by atoms with Gasteiger partial charge in [0.1, 0.15) is 0 Å². The Morgan fingerprint density at radius 2 is 0.658 bits per heavy atom. The van der Waals surface area contributed by atoms with E-state index in [1.165, 1.54) is 289 Å². The Morgan fingerprint density at radius 3 is 1.01 bits per heavy atom. The van der Waals surface area contributed by atoms with Gasteiger partial charge in [0.05, 0.1) is 25.4 Å². The first-order valence-electron chi connectivity index (χ1n) is 34.2. The molecule has 6 nitrogen and oxygen atoms in total. The predicted molar refractivity (Wildman–Crippen MR) is 333 cm³/mol. The standard InChI is InChI=1S/C70H133NO5/c1-3-5-7-9-11-13-15-16-17-33-37-40-44-48-52-56-60-64-70(75)76-65-61-57-53-49-45-41-38-35-32-30-28-26-24-22-20-18-19-21-23-25-27-29-31-34-36-39-43-47-51-55-59-63-69(74)71-67(66-72)68(73)62-58-54-50-46-42-14-12-10-8-6-4-2/h16-17,20,22,26,28,67-68,72-73H,3-15,18-19,21,23-25,27,29-66H2,1-2H3,(H,71,74)/b17-16-,22-20-,28-26-. The van der Waals surface area contributed by atoms with Crippen molar-refractivity contribution in [2.45, 2.75) is 386 Å². The van der Waals surface area contributed by atoms with Crippen molar-refractivity contribution >= 4 is 11.9 Å². The smallest absolute Gasteiger partial charge is 0.305 e. The second kappa shape index (κ2) is 65.6. The molecule has 0 spiro atoms. The molecule has 2 atom stereocenters. The lowest BCUT2D eigenvalue weighted by Gasteiger charge is -2.22. The quantitative estimate of drug-likeness (QED) is 0.0320. The zero-order chi connectivity index (χ0) is 55.0. The van der Waals surface area contributed by atoms with Crippen LogP contribution < -0.4 is 5.32 Å². The highest BCUT2D eigenvalue weighted by Gasteiger charge is 2.20. The molecule has 0 aromatic rings. The summed E-state index contributed by atoms with van der Waals surface area (Å²) in [5.41, 5.74) is 0. The van der Waals surface area contributed by atoms with Crippen molar-refractivity contribution in [1.29, 1.82) is 0 Å². The second-order valence-electron chi connectivity index (χ2n) is 23.5. The van der Waals surface area contributed by atoms with Crippen molar-refractivity contribution in [2.75, 3.05) is 13.2 Å². The molecule has 0 radical (unpaired) electrons. The van der Waals surface area contributed by atoms with Crippen LogP contribution in [-0.4, -0.2) is 47.4 Å². The van der Waals surface area contributed by atoms with Crippen LogP contribution >= 0.6 is 0 Å². The van der Waals surface area contributed by atoms with Gasteiger partial charge in [-0.05, 0) is 83.5 Å². The molecule has 0 saturated carbocycles. The number of amides is 1. The molecular formula is C70H133NO5. The van der Waals surface area contributed by atoms with Crippen LogP contribution in [0, 0.1) is 0 Å². The van der Waals surface area contributed by atoms with Crippen molar-refractivity contribution in [3.8, 4) is 0 Å². The van der Waals surface area contributed by atoms with Gasteiger partial charge in [-0.3, -0.25) is 9.59 Å². The Kier molecular flexibility index (Phi) is 63.9. The zero-order valence-electron chi connectivity index (χ0n) is 51.3. The molecule has 0 fully saturated rings. The van der Waals surface area contributed by atoms with Crippen molar-refractivity contribution in [3.05, 3.63) is 36.5 Å². The average Bonchev–Trinajstić information content (AvgIpc) is 3.42. The minimum absolute atomic E-state index is 0.0101. The van der Waals surface area contributed by atoms with Crippen molar-refractivity contribution in [2.24, 2.45) is 0 Å². The van der Waals surface area contributed by atoms with Gasteiger partial charge in [0.15, 0.2) is 0 Å². The van der Waals surface area contributed by atoms with Gasteiger partial charge in [0, 0.05) is 12.8 Å². The molecule has 0 heterocycles. The number of esters is 1. The molecule has 0 aliphatic carbocycles. The number of aliphatic hydroxyl groups is 2.